The van der Waals surface area contributed by atoms with E-state index in [1.165, 1.54) is 38.5 Å². The van der Waals surface area contributed by atoms with Gasteiger partial charge in [-0.1, -0.05) is 12.8 Å². The van der Waals surface area contributed by atoms with Crippen LogP contribution < -0.4 is 0 Å². The van der Waals surface area contributed by atoms with E-state index in [-0.39, 0.29) is 0 Å². The molecule has 2 atom stereocenters. The van der Waals surface area contributed by atoms with Crippen molar-refractivity contribution in [1.82, 2.24) is 4.90 Å². The van der Waals surface area contributed by atoms with Gasteiger partial charge in [0.05, 0.1) is 0 Å². The summed E-state index contributed by atoms with van der Waals surface area (Å²) in [6, 6.07) is 0.594. The molecule has 3 heteroatoms. The molecule has 0 radical (unpaired) electrons. The third-order valence-electron chi connectivity index (χ3n) is 4.08. The molecule has 2 rings (SSSR count). The summed E-state index contributed by atoms with van der Waals surface area (Å²) >= 11 is 1.78. The average molecular weight is 241 g/mol. The molecule has 1 saturated heterocycles. The van der Waals surface area contributed by atoms with E-state index in [1.54, 1.807) is 11.8 Å². The molecule has 2 nitrogen and oxygen atoms in total. The lowest BCUT2D eigenvalue weighted by Crippen LogP contribution is -2.49. The van der Waals surface area contributed by atoms with Crippen LogP contribution in [0, 0.1) is 5.92 Å². The van der Waals surface area contributed by atoms with E-state index in [0.717, 1.165) is 24.6 Å². The Morgan fingerprint density at radius 3 is 2.81 bits per heavy atom. The lowest BCUT2D eigenvalue weighted by molar-refractivity contribution is -0.137. The highest BCUT2D eigenvalue weighted by Gasteiger charge is 2.35. The van der Waals surface area contributed by atoms with Crippen LogP contribution in [0.2, 0.25) is 0 Å². The highest BCUT2D eigenvalue weighted by molar-refractivity contribution is 7.98. The quantitative estimate of drug-likeness (QED) is 0.757. The number of carbonyl (C=O) groups is 1. The highest BCUT2D eigenvalue weighted by atomic mass is 32.2. The number of fused-ring (bicyclic) bond motifs is 1. The van der Waals surface area contributed by atoms with Crippen LogP contribution in [-0.4, -0.2) is 35.4 Å². The van der Waals surface area contributed by atoms with Gasteiger partial charge in [-0.3, -0.25) is 4.79 Å². The normalized spacial score (nSPS) is 29.9. The van der Waals surface area contributed by atoms with Crippen molar-refractivity contribution < 1.29 is 4.79 Å². The first-order chi connectivity index (χ1) is 7.83. The number of likely N-dealkylation sites (tertiary alicyclic amines) is 1. The molecule has 2 aliphatic rings. The Bertz CT molecular complexity index is 242. The van der Waals surface area contributed by atoms with Gasteiger partial charge in [-0.2, -0.15) is 11.8 Å². The van der Waals surface area contributed by atoms with Crippen LogP contribution in [0.25, 0.3) is 0 Å². The predicted octanol–water partition coefficient (Wildman–Crippen LogP) is 2.92. The number of rotatable bonds is 3. The average Bonchev–Trinajstić information content (AvgIpc) is 2.35. The Balaban J connectivity index is 1.93. The maximum Gasteiger partial charge on any atom is 0.223 e. The second-order valence-corrected chi connectivity index (χ2v) is 6.07. The van der Waals surface area contributed by atoms with Gasteiger partial charge in [0.1, 0.15) is 0 Å². The highest BCUT2D eigenvalue weighted by Crippen LogP contribution is 2.35. The second kappa shape index (κ2) is 5.95. The van der Waals surface area contributed by atoms with Gasteiger partial charge < -0.3 is 4.90 Å². The van der Waals surface area contributed by atoms with Crippen molar-refractivity contribution in [3.8, 4) is 0 Å². The molecule has 16 heavy (non-hydrogen) atoms. The maximum absolute atomic E-state index is 12.1. The summed E-state index contributed by atoms with van der Waals surface area (Å²) < 4.78 is 0. The predicted molar refractivity (Wildman–Crippen MR) is 69.7 cm³/mol. The fraction of sp³-hybridized carbons (Fsp3) is 0.923. The Kier molecular flexibility index (Phi) is 4.56. The molecule has 0 aromatic carbocycles. The molecule has 1 amide bonds. The zero-order valence-corrected chi connectivity index (χ0v) is 11.1. The summed E-state index contributed by atoms with van der Waals surface area (Å²) in [5, 5.41) is 0. The molecule has 1 saturated carbocycles. The topological polar surface area (TPSA) is 20.3 Å². The summed E-state index contributed by atoms with van der Waals surface area (Å²) in [6.45, 7) is 1.02. The first-order valence-electron chi connectivity index (χ1n) is 6.61. The molecule has 0 aromatic heterocycles. The minimum absolute atomic E-state index is 0.408. The first-order valence-corrected chi connectivity index (χ1v) is 8.00. The van der Waals surface area contributed by atoms with E-state index in [1.807, 2.05) is 0 Å². The van der Waals surface area contributed by atoms with E-state index < -0.39 is 0 Å². The smallest absolute Gasteiger partial charge is 0.223 e. The summed E-state index contributed by atoms with van der Waals surface area (Å²) in [6.07, 6.45) is 10.7. The minimum atomic E-state index is 0.408. The third kappa shape index (κ3) is 2.73. The Morgan fingerprint density at radius 1 is 1.25 bits per heavy atom. The molecule has 1 aliphatic heterocycles. The molecule has 0 bridgehead atoms. The summed E-state index contributed by atoms with van der Waals surface area (Å²) in [4.78, 5) is 14.3. The molecule has 2 fully saturated rings. The number of amides is 1. The first kappa shape index (κ1) is 12.3. The van der Waals surface area contributed by atoms with Crippen LogP contribution >= 0.6 is 11.8 Å². The SMILES string of the molecule is CSCCC(=O)N1CCCC2CCCCC21. The van der Waals surface area contributed by atoms with E-state index in [9.17, 15) is 4.79 Å². The number of hydrogen-bond acceptors (Lipinski definition) is 2. The number of nitrogens with zero attached hydrogens (tertiary/aromatic N) is 1. The van der Waals surface area contributed by atoms with E-state index in [0.29, 0.717) is 11.9 Å². The standard InChI is InChI=1S/C13H23NOS/c1-16-10-8-13(15)14-9-4-6-11-5-2-3-7-12(11)14/h11-12H,2-10H2,1H3. The number of carbonyl (C=O) groups excluding carboxylic acids is 1. The molecule has 2 unspecified atom stereocenters. The maximum atomic E-state index is 12.1. The summed E-state index contributed by atoms with van der Waals surface area (Å²) in [5.41, 5.74) is 0. The van der Waals surface area contributed by atoms with Gasteiger partial charge in [0.2, 0.25) is 5.91 Å². The van der Waals surface area contributed by atoms with Crippen molar-refractivity contribution in [2.75, 3.05) is 18.6 Å². The molecule has 1 heterocycles. The molecule has 0 aromatic rings. The van der Waals surface area contributed by atoms with Gasteiger partial charge in [0.25, 0.3) is 0 Å². The van der Waals surface area contributed by atoms with Gasteiger partial charge in [-0.25, -0.2) is 0 Å². The minimum Gasteiger partial charge on any atom is -0.339 e. The van der Waals surface area contributed by atoms with Crippen molar-refractivity contribution >= 4 is 17.7 Å². The summed E-state index contributed by atoms with van der Waals surface area (Å²) in [7, 11) is 0. The van der Waals surface area contributed by atoms with Crippen LogP contribution in [0.5, 0.6) is 0 Å². The van der Waals surface area contributed by atoms with Gasteiger partial charge in [0, 0.05) is 24.8 Å². The van der Waals surface area contributed by atoms with Gasteiger partial charge >= 0.3 is 0 Å². The summed E-state index contributed by atoms with van der Waals surface area (Å²) in [5.74, 6) is 2.21. The van der Waals surface area contributed by atoms with E-state index in [4.69, 9.17) is 0 Å². The lowest BCUT2D eigenvalue weighted by atomic mass is 9.78. The van der Waals surface area contributed by atoms with Gasteiger partial charge in [-0.15, -0.1) is 0 Å². The number of hydrogen-bond donors (Lipinski definition) is 0. The van der Waals surface area contributed by atoms with Crippen LogP contribution in [0.3, 0.4) is 0 Å². The van der Waals surface area contributed by atoms with Crippen LogP contribution in [0.4, 0.5) is 0 Å². The fourth-order valence-corrected chi connectivity index (χ4v) is 3.65. The van der Waals surface area contributed by atoms with E-state index in [2.05, 4.69) is 11.2 Å². The molecule has 0 N–H and O–H groups in total. The lowest BCUT2D eigenvalue weighted by Gasteiger charge is -2.44. The monoisotopic (exact) mass is 241 g/mol. The third-order valence-corrected chi connectivity index (χ3v) is 4.70. The Morgan fingerprint density at radius 2 is 2.00 bits per heavy atom. The number of piperidine rings is 1. The van der Waals surface area contributed by atoms with Gasteiger partial charge in [0.15, 0.2) is 0 Å². The Hall–Kier alpha value is -0.180. The fourth-order valence-electron chi connectivity index (χ4n) is 3.27. The van der Waals surface area contributed by atoms with Crippen molar-refractivity contribution in [2.45, 2.75) is 51.0 Å². The molecule has 92 valence electrons. The zero-order chi connectivity index (χ0) is 11.4. The van der Waals surface area contributed by atoms with Crippen molar-refractivity contribution in [3.63, 3.8) is 0 Å². The second-order valence-electron chi connectivity index (χ2n) is 5.08. The molecular weight excluding hydrogens is 218 g/mol. The Labute approximate surface area is 103 Å². The molecular formula is C13H23NOS. The van der Waals surface area contributed by atoms with Gasteiger partial charge in [-0.05, 0) is 37.9 Å². The largest absolute Gasteiger partial charge is 0.339 e. The van der Waals surface area contributed by atoms with Crippen molar-refractivity contribution in [2.24, 2.45) is 5.92 Å². The number of thioether (sulfide) groups is 1. The van der Waals surface area contributed by atoms with Crippen LogP contribution in [0.1, 0.15) is 44.9 Å². The molecule has 0 spiro atoms. The van der Waals surface area contributed by atoms with Crippen molar-refractivity contribution in [1.29, 1.82) is 0 Å². The van der Waals surface area contributed by atoms with Crippen molar-refractivity contribution in [3.05, 3.63) is 0 Å². The van der Waals surface area contributed by atoms with Crippen LogP contribution in [0.15, 0.2) is 0 Å². The molecule has 1 aliphatic carbocycles. The van der Waals surface area contributed by atoms with E-state index >= 15 is 0 Å². The zero-order valence-electron chi connectivity index (χ0n) is 10.3. The van der Waals surface area contributed by atoms with Crippen LogP contribution in [-0.2, 0) is 4.79 Å².